The zero-order chi connectivity index (χ0) is 25.2. The smallest absolute Gasteiger partial charge is 0.228 e. The van der Waals surface area contributed by atoms with Crippen molar-refractivity contribution in [2.24, 2.45) is 0 Å². The molecule has 1 aromatic carbocycles. The van der Waals surface area contributed by atoms with Crippen molar-refractivity contribution in [2.45, 2.75) is 13.5 Å². The molecule has 0 saturated carbocycles. The van der Waals surface area contributed by atoms with Crippen LogP contribution in [0.4, 0.5) is 11.8 Å². The van der Waals surface area contributed by atoms with Gasteiger partial charge in [0.05, 0.1) is 45.8 Å². The van der Waals surface area contributed by atoms with E-state index in [2.05, 4.69) is 38.6 Å². The lowest BCUT2D eigenvalue weighted by Gasteiger charge is -2.31. The van der Waals surface area contributed by atoms with Crippen LogP contribution in [-0.4, -0.2) is 84.2 Å². The Hall–Kier alpha value is -3.76. The minimum Gasteiger partial charge on any atom is -0.497 e. The van der Waals surface area contributed by atoms with Gasteiger partial charge < -0.3 is 28.6 Å². The van der Waals surface area contributed by atoms with Crippen LogP contribution < -0.4 is 14.5 Å². The first kappa shape index (κ1) is 23.6. The third kappa shape index (κ3) is 4.94. The highest BCUT2D eigenvalue weighted by Crippen LogP contribution is 2.28. The number of anilines is 2. The second-order valence-corrected chi connectivity index (χ2v) is 9.27. The molecule has 37 heavy (non-hydrogen) atoms. The van der Waals surface area contributed by atoms with Crippen LogP contribution in [0.3, 0.4) is 0 Å². The zero-order valence-corrected chi connectivity index (χ0v) is 21.3. The molecule has 0 aliphatic carbocycles. The standard InChI is InChI=1S/C27H31N7O3/c1-19-29-24-15-21(17-28-26(24)34(19)18-20-3-5-22(35-2)6-4-20)23-16-25(32-7-11-36-12-8-32)31-27(30-23)33-9-13-37-14-10-33/h3-6,15-17H,7-14,18H2,1-2H3. The lowest BCUT2D eigenvalue weighted by atomic mass is 10.2. The maximum atomic E-state index is 5.56. The van der Waals surface area contributed by atoms with Gasteiger partial charge in [-0.1, -0.05) is 12.1 Å². The van der Waals surface area contributed by atoms with Crippen molar-refractivity contribution >= 4 is 22.9 Å². The van der Waals surface area contributed by atoms with E-state index in [1.165, 1.54) is 0 Å². The van der Waals surface area contributed by atoms with E-state index in [1.807, 2.05) is 25.3 Å². The molecule has 0 radical (unpaired) electrons. The molecule has 5 heterocycles. The number of fused-ring (bicyclic) bond motifs is 1. The van der Waals surface area contributed by atoms with Gasteiger partial charge in [0.25, 0.3) is 0 Å². The molecule has 4 aromatic rings. The maximum absolute atomic E-state index is 5.56. The van der Waals surface area contributed by atoms with E-state index in [0.717, 1.165) is 77.5 Å². The Balaban J connectivity index is 1.35. The van der Waals surface area contributed by atoms with Crippen LogP contribution in [0, 0.1) is 6.92 Å². The minimum absolute atomic E-state index is 0.679. The molecule has 0 amide bonds. The van der Waals surface area contributed by atoms with Crippen LogP contribution in [0.5, 0.6) is 5.75 Å². The first-order valence-electron chi connectivity index (χ1n) is 12.7. The van der Waals surface area contributed by atoms with Gasteiger partial charge in [0, 0.05) is 44.0 Å². The molecule has 6 rings (SSSR count). The molecule has 10 nitrogen and oxygen atoms in total. The number of morpholine rings is 2. The molecule has 0 atom stereocenters. The second kappa shape index (κ2) is 10.3. The summed E-state index contributed by atoms with van der Waals surface area (Å²) in [6.07, 6.45) is 1.89. The molecular weight excluding hydrogens is 470 g/mol. The minimum atomic E-state index is 0.679. The van der Waals surface area contributed by atoms with Gasteiger partial charge in [0.1, 0.15) is 22.9 Å². The van der Waals surface area contributed by atoms with Gasteiger partial charge in [-0.2, -0.15) is 4.98 Å². The average Bonchev–Trinajstić information content (AvgIpc) is 3.28. The first-order chi connectivity index (χ1) is 18.2. The molecule has 2 aliphatic rings. The Labute approximate surface area is 215 Å². The van der Waals surface area contributed by atoms with Gasteiger partial charge in [-0.05, 0) is 30.7 Å². The van der Waals surface area contributed by atoms with E-state index in [9.17, 15) is 0 Å². The van der Waals surface area contributed by atoms with Crippen molar-refractivity contribution in [1.29, 1.82) is 0 Å². The SMILES string of the molecule is COc1ccc(Cn2c(C)nc3cc(-c4cc(N5CCOCC5)nc(N5CCOCC5)n4)cnc32)cc1. The fraction of sp³-hybridized carbons (Fsp3) is 0.407. The molecule has 0 bridgehead atoms. The Morgan fingerprint density at radius 3 is 2.27 bits per heavy atom. The number of rotatable bonds is 6. The number of aromatic nitrogens is 5. The quantitative estimate of drug-likeness (QED) is 0.395. The largest absolute Gasteiger partial charge is 0.497 e. The molecule has 2 saturated heterocycles. The van der Waals surface area contributed by atoms with E-state index < -0.39 is 0 Å². The van der Waals surface area contributed by atoms with Crippen molar-refractivity contribution in [2.75, 3.05) is 69.5 Å². The second-order valence-electron chi connectivity index (χ2n) is 9.27. The predicted octanol–water partition coefficient (Wildman–Crippen LogP) is 2.93. The van der Waals surface area contributed by atoms with Crippen LogP contribution in [0.1, 0.15) is 11.4 Å². The lowest BCUT2D eigenvalue weighted by Crippen LogP contribution is -2.39. The Kier molecular flexibility index (Phi) is 6.58. The van der Waals surface area contributed by atoms with Gasteiger partial charge >= 0.3 is 0 Å². The molecule has 2 aliphatic heterocycles. The van der Waals surface area contributed by atoms with Gasteiger partial charge in [0.15, 0.2) is 5.65 Å². The Morgan fingerprint density at radius 1 is 0.865 bits per heavy atom. The molecular formula is C27H31N7O3. The summed E-state index contributed by atoms with van der Waals surface area (Å²) >= 11 is 0. The molecule has 192 valence electrons. The summed E-state index contributed by atoms with van der Waals surface area (Å²) in [5, 5.41) is 0. The van der Waals surface area contributed by atoms with Gasteiger partial charge in [0.2, 0.25) is 5.95 Å². The van der Waals surface area contributed by atoms with Crippen LogP contribution in [0.2, 0.25) is 0 Å². The summed E-state index contributed by atoms with van der Waals surface area (Å²) < 4.78 is 18.5. The third-order valence-corrected chi connectivity index (χ3v) is 6.90. The Bertz CT molecular complexity index is 1340. The molecule has 0 unspecified atom stereocenters. The molecule has 3 aromatic heterocycles. The number of aryl methyl sites for hydroxylation is 1. The van der Waals surface area contributed by atoms with Crippen LogP contribution >= 0.6 is 0 Å². The summed E-state index contributed by atoms with van der Waals surface area (Å²) in [6.45, 7) is 8.64. The number of nitrogens with zero attached hydrogens (tertiary/aromatic N) is 7. The van der Waals surface area contributed by atoms with Crippen molar-refractivity contribution in [3.05, 3.63) is 54.0 Å². The number of hydrogen-bond acceptors (Lipinski definition) is 9. The topological polar surface area (TPSA) is 90.7 Å². The van der Waals surface area contributed by atoms with Crippen LogP contribution in [0.25, 0.3) is 22.4 Å². The van der Waals surface area contributed by atoms with E-state index >= 15 is 0 Å². The number of ether oxygens (including phenoxy) is 3. The van der Waals surface area contributed by atoms with Gasteiger partial charge in [-0.15, -0.1) is 0 Å². The summed E-state index contributed by atoms with van der Waals surface area (Å²) in [6, 6.07) is 12.2. The van der Waals surface area contributed by atoms with Crippen molar-refractivity contribution in [3.8, 4) is 17.0 Å². The highest BCUT2D eigenvalue weighted by molar-refractivity contribution is 5.78. The number of methoxy groups -OCH3 is 1. The molecule has 10 heteroatoms. The monoisotopic (exact) mass is 501 g/mol. The maximum Gasteiger partial charge on any atom is 0.228 e. The number of hydrogen-bond donors (Lipinski definition) is 0. The number of pyridine rings is 1. The van der Waals surface area contributed by atoms with Crippen LogP contribution in [-0.2, 0) is 16.0 Å². The molecule has 0 spiro atoms. The third-order valence-electron chi connectivity index (χ3n) is 6.90. The number of benzene rings is 1. The average molecular weight is 502 g/mol. The highest BCUT2D eigenvalue weighted by atomic mass is 16.5. The summed E-state index contributed by atoms with van der Waals surface area (Å²) in [5.41, 5.74) is 4.63. The highest BCUT2D eigenvalue weighted by Gasteiger charge is 2.21. The fourth-order valence-electron chi connectivity index (χ4n) is 4.80. The number of imidazole rings is 1. The van der Waals surface area contributed by atoms with Crippen molar-refractivity contribution in [3.63, 3.8) is 0 Å². The van der Waals surface area contributed by atoms with Crippen LogP contribution in [0.15, 0.2) is 42.6 Å². The van der Waals surface area contributed by atoms with Crippen molar-refractivity contribution < 1.29 is 14.2 Å². The van der Waals surface area contributed by atoms with E-state index in [1.54, 1.807) is 7.11 Å². The summed E-state index contributed by atoms with van der Waals surface area (Å²) in [7, 11) is 1.68. The molecule has 0 N–H and O–H groups in total. The van der Waals surface area contributed by atoms with Gasteiger partial charge in [-0.3, -0.25) is 0 Å². The zero-order valence-electron chi connectivity index (χ0n) is 21.3. The predicted molar refractivity (Wildman–Crippen MR) is 141 cm³/mol. The first-order valence-corrected chi connectivity index (χ1v) is 12.7. The normalized spacial score (nSPS) is 16.4. The lowest BCUT2D eigenvalue weighted by molar-refractivity contribution is 0.121. The summed E-state index contributed by atoms with van der Waals surface area (Å²) in [5.74, 6) is 3.40. The van der Waals surface area contributed by atoms with E-state index in [-0.39, 0.29) is 0 Å². The fourth-order valence-corrected chi connectivity index (χ4v) is 4.80. The van der Waals surface area contributed by atoms with Gasteiger partial charge in [-0.25, -0.2) is 15.0 Å². The molecule has 2 fully saturated rings. The summed E-state index contributed by atoms with van der Waals surface area (Å²) in [4.78, 5) is 24.0. The Morgan fingerprint density at radius 2 is 1.57 bits per heavy atom. The van der Waals surface area contributed by atoms with E-state index in [4.69, 9.17) is 34.1 Å². The van der Waals surface area contributed by atoms with Crippen molar-refractivity contribution in [1.82, 2.24) is 24.5 Å². The van der Waals surface area contributed by atoms with E-state index in [0.29, 0.717) is 33.0 Å².